The summed E-state index contributed by atoms with van der Waals surface area (Å²) in [5, 5.41) is 0. The SMILES string of the molecule is CCCCOC(=O)CCCOc1cccc(C)c1. The van der Waals surface area contributed by atoms with Crippen molar-refractivity contribution in [2.75, 3.05) is 13.2 Å². The normalized spacial score (nSPS) is 10.1. The van der Waals surface area contributed by atoms with Crippen molar-refractivity contribution >= 4 is 5.97 Å². The Balaban J connectivity index is 2.09. The second-order valence-corrected chi connectivity index (χ2v) is 4.34. The highest BCUT2D eigenvalue weighted by Gasteiger charge is 2.02. The van der Waals surface area contributed by atoms with E-state index in [-0.39, 0.29) is 5.97 Å². The van der Waals surface area contributed by atoms with Gasteiger partial charge < -0.3 is 9.47 Å². The van der Waals surface area contributed by atoms with Gasteiger partial charge in [-0.2, -0.15) is 0 Å². The van der Waals surface area contributed by atoms with E-state index in [0.29, 0.717) is 26.1 Å². The van der Waals surface area contributed by atoms with Crippen LogP contribution in [0, 0.1) is 6.92 Å². The van der Waals surface area contributed by atoms with E-state index in [0.717, 1.165) is 18.6 Å². The van der Waals surface area contributed by atoms with Crippen molar-refractivity contribution in [2.45, 2.75) is 39.5 Å². The van der Waals surface area contributed by atoms with Crippen LogP contribution in [0.4, 0.5) is 0 Å². The lowest BCUT2D eigenvalue weighted by molar-refractivity contribution is -0.144. The number of carbonyl (C=O) groups is 1. The summed E-state index contributed by atoms with van der Waals surface area (Å²) in [6.45, 7) is 5.18. The van der Waals surface area contributed by atoms with Crippen LogP contribution in [0.1, 0.15) is 38.2 Å². The van der Waals surface area contributed by atoms with Crippen LogP contribution in [0.5, 0.6) is 5.75 Å². The number of benzene rings is 1. The number of aryl methyl sites for hydroxylation is 1. The molecule has 0 atom stereocenters. The quantitative estimate of drug-likeness (QED) is 0.523. The fourth-order valence-electron chi connectivity index (χ4n) is 1.51. The molecule has 0 aromatic heterocycles. The smallest absolute Gasteiger partial charge is 0.305 e. The number of esters is 1. The molecule has 0 unspecified atom stereocenters. The van der Waals surface area contributed by atoms with Gasteiger partial charge >= 0.3 is 5.97 Å². The maximum atomic E-state index is 11.3. The van der Waals surface area contributed by atoms with E-state index >= 15 is 0 Å². The molecule has 0 fully saturated rings. The van der Waals surface area contributed by atoms with Crippen LogP contribution < -0.4 is 4.74 Å². The molecule has 0 aliphatic carbocycles. The van der Waals surface area contributed by atoms with Gasteiger partial charge in [0.15, 0.2) is 0 Å². The molecule has 0 spiro atoms. The molecular weight excluding hydrogens is 228 g/mol. The molecule has 3 heteroatoms. The van der Waals surface area contributed by atoms with Gasteiger partial charge in [-0.25, -0.2) is 0 Å². The predicted molar refractivity (Wildman–Crippen MR) is 71.8 cm³/mol. The van der Waals surface area contributed by atoms with Crippen molar-refractivity contribution in [2.24, 2.45) is 0 Å². The molecule has 0 N–H and O–H groups in total. The number of rotatable bonds is 8. The highest BCUT2D eigenvalue weighted by molar-refractivity contribution is 5.69. The summed E-state index contributed by atoms with van der Waals surface area (Å²) in [6.07, 6.45) is 3.10. The molecule has 100 valence electrons. The van der Waals surface area contributed by atoms with Gasteiger partial charge in [-0.3, -0.25) is 4.79 Å². The molecule has 0 aliphatic rings. The fourth-order valence-corrected chi connectivity index (χ4v) is 1.51. The van der Waals surface area contributed by atoms with Gasteiger partial charge in [-0.1, -0.05) is 25.5 Å². The van der Waals surface area contributed by atoms with Crippen molar-refractivity contribution in [1.82, 2.24) is 0 Å². The molecular formula is C15H22O3. The summed E-state index contributed by atoms with van der Waals surface area (Å²) >= 11 is 0. The first-order valence-electron chi connectivity index (χ1n) is 6.57. The average molecular weight is 250 g/mol. The first kappa shape index (κ1) is 14.6. The lowest BCUT2D eigenvalue weighted by atomic mass is 10.2. The Morgan fingerprint density at radius 3 is 2.78 bits per heavy atom. The standard InChI is InChI=1S/C15H22O3/c1-3-4-10-18-15(16)9-6-11-17-14-8-5-7-13(2)12-14/h5,7-8,12H,3-4,6,9-11H2,1-2H3. The number of hydrogen-bond donors (Lipinski definition) is 0. The molecule has 0 saturated carbocycles. The molecule has 18 heavy (non-hydrogen) atoms. The molecule has 3 nitrogen and oxygen atoms in total. The Bertz CT molecular complexity index is 361. The number of unbranched alkanes of at least 4 members (excludes halogenated alkanes) is 1. The zero-order valence-corrected chi connectivity index (χ0v) is 11.3. The third kappa shape index (κ3) is 6.28. The van der Waals surface area contributed by atoms with Crippen LogP contribution in [-0.2, 0) is 9.53 Å². The van der Waals surface area contributed by atoms with Gasteiger partial charge in [0.05, 0.1) is 13.2 Å². The van der Waals surface area contributed by atoms with E-state index in [9.17, 15) is 4.79 Å². The number of carbonyl (C=O) groups excluding carboxylic acids is 1. The second kappa shape index (κ2) is 8.56. The van der Waals surface area contributed by atoms with Gasteiger partial charge in [0.1, 0.15) is 5.75 Å². The molecule has 1 aromatic carbocycles. The van der Waals surface area contributed by atoms with E-state index in [2.05, 4.69) is 6.92 Å². The number of hydrogen-bond acceptors (Lipinski definition) is 3. The maximum absolute atomic E-state index is 11.3. The summed E-state index contributed by atoms with van der Waals surface area (Å²) in [5.41, 5.74) is 1.17. The van der Waals surface area contributed by atoms with Crippen LogP contribution in [-0.4, -0.2) is 19.2 Å². The van der Waals surface area contributed by atoms with Gasteiger partial charge in [0.25, 0.3) is 0 Å². The minimum absolute atomic E-state index is 0.128. The topological polar surface area (TPSA) is 35.5 Å². The van der Waals surface area contributed by atoms with E-state index < -0.39 is 0 Å². The van der Waals surface area contributed by atoms with E-state index in [1.807, 2.05) is 31.2 Å². The Hall–Kier alpha value is -1.51. The fraction of sp³-hybridized carbons (Fsp3) is 0.533. The summed E-state index contributed by atoms with van der Waals surface area (Å²) in [7, 11) is 0. The first-order chi connectivity index (χ1) is 8.72. The molecule has 0 aliphatic heterocycles. The lowest BCUT2D eigenvalue weighted by Crippen LogP contribution is -2.08. The summed E-state index contributed by atoms with van der Waals surface area (Å²) in [4.78, 5) is 11.3. The Morgan fingerprint density at radius 2 is 2.06 bits per heavy atom. The first-order valence-corrected chi connectivity index (χ1v) is 6.57. The van der Waals surface area contributed by atoms with E-state index in [4.69, 9.17) is 9.47 Å². The lowest BCUT2D eigenvalue weighted by Gasteiger charge is -2.07. The zero-order chi connectivity index (χ0) is 13.2. The van der Waals surface area contributed by atoms with E-state index in [1.54, 1.807) is 0 Å². The van der Waals surface area contributed by atoms with Crippen LogP contribution in [0.15, 0.2) is 24.3 Å². The molecule has 0 saturated heterocycles. The molecule has 0 radical (unpaired) electrons. The summed E-state index contributed by atoms with van der Waals surface area (Å²) in [6, 6.07) is 7.90. The van der Waals surface area contributed by atoms with Crippen LogP contribution in [0.2, 0.25) is 0 Å². The van der Waals surface area contributed by atoms with Gasteiger partial charge in [-0.15, -0.1) is 0 Å². The van der Waals surface area contributed by atoms with Crippen molar-refractivity contribution in [3.05, 3.63) is 29.8 Å². The molecule has 1 aromatic rings. The van der Waals surface area contributed by atoms with Crippen molar-refractivity contribution < 1.29 is 14.3 Å². The molecule has 1 rings (SSSR count). The van der Waals surface area contributed by atoms with Crippen molar-refractivity contribution in [3.63, 3.8) is 0 Å². The highest BCUT2D eigenvalue weighted by atomic mass is 16.5. The van der Waals surface area contributed by atoms with Crippen molar-refractivity contribution in [3.8, 4) is 5.75 Å². The van der Waals surface area contributed by atoms with Crippen LogP contribution >= 0.6 is 0 Å². The predicted octanol–water partition coefficient (Wildman–Crippen LogP) is 3.50. The zero-order valence-electron chi connectivity index (χ0n) is 11.3. The van der Waals surface area contributed by atoms with Crippen molar-refractivity contribution in [1.29, 1.82) is 0 Å². The monoisotopic (exact) mass is 250 g/mol. The molecule has 0 heterocycles. The maximum Gasteiger partial charge on any atom is 0.305 e. The third-order valence-electron chi connectivity index (χ3n) is 2.54. The van der Waals surface area contributed by atoms with Crippen LogP contribution in [0.3, 0.4) is 0 Å². The van der Waals surface area contributed by atoms with E-state index in [1.165, 1.54) is 5.56 Å². The van der Waals surface area contributed by atoms with Crippen LogP contribution in [0.25, 0.3) is 0 Å². The van der Waals surface area contributed by atoms with Gasteiger partial charge in [0.2, 0.25) is 0 Å². The highest BCUT2D eigenvalue weighted by Crippen LogP contribution is 2.12. The number of ether oxygens (including phenoxy) is 2. The Kier molecular flexibility index (Phi) is 6.92. The Labute approximate surface area is 109 Å². The summed E-state index contributed by atoms with van der Waals surface area (Å²) < 4.78 is 10.6. The average Bonchev–Trinajstić information content (AvgIpc) is 2.35. The minimum atomic E-state index is -0.128. The third-order valence-corrected chi connectivity index (χ3v) is 2.54. The second-order valence-electron chi connectivity index (χ2n) is 4.34. The molecule has 0 amide bonds. The summed E-state index contributed by atoms with van der Waals surface area (Å²) in [5.74, 6) is 0.727. The van der Waals surface area contributed by atoms with Gasteiger partial charge in [-0.05, 0) is 37.5 Å². The molecule has 0 bridgehead atoms. The largest absolute Gasteiger partial charge is 0.494 e. The minimum Gasteiger partial charge on any atom is -0.494 e. The van der Waals surface area contributed by atoms with Gasteiger partial charge in [0, 0.05) is 6.42 Å². The Morgan fingerprint density at radius 1 is 1.22 bits per heavy atom.